The molecule has 0 aliphatic heterocycles. The standard InChI is InChI=1S/C14H6Br3/c15-12-7-10-5-8-3-1-2-4-9(8)6-11(10)13(16)14(12)17/h1-6H. The van der Waals surface area contributed by atoms with Gasteiger partial charge in [0.25, 0.3) is 0 Å². The Bertz CT molecular complexity index is 732. The van der Waals surface area contributed by atoms with Gasteiger partial charge in [0.1, 0.15) is 0 Å². The van der Waals surface area contributed by atoms with Crippen LogP contribution in [0.15, 0.2) is 49.8 Å². The van der Waals surface area contributed by atoms with Crippen LogP contribution in [0.4, 0.5) is 0 Å². The first-order valence-electron chi connectivity index (χ1n) is 5.05. The van der Waals surface area contributed by atoms with Crippen LogP contribution in [-0.2, 0) is 0 Å². The van der Waals surface area contributed by atoms with Gasteiger partial charge in [-0.15, -0.1) is 0 Å². The van der Waals surface area contributed by atoms with Gasteiger partial charge in [-0.2, -0.15) is 0 Å². The van der Waals surface area contributed by atoms with Crippen LogP contribution in [0.25, 0.3) is 21.5 Å². The lowest BCUT2D eigenvalue weighted by Crippen LogP contribution is -1.81. The van der Waals surface area contributed by atoms with Crippen molar-refractivity contribution in [3.05, 3.63) is 55.9 Å². The van der Waals surface area contributed by atoms with Gasteiger partial charge in [-0.1, -0.05) is 24.3 Å². The molecule has 0 unspecified atom stereocenters. The molecule has 3 rings (SSSR count). The fourth-order valence-electron chi connectivity index (χ4n) is 1.91. The molecule has 0 aromatic heterocycles. The highest BCUT2D eigenvalue weighted by Crippen LogP contribution is 2.38. The monoisotopic (exact) mass is 411 g/mol. The molecule has 0 heterocycles. The lowest BCUT2D eigenvalue weighted by atomic mass is 10.0. The molecular weight excluding hydrogens is 408 g/mol. The first-order valence-corrected chi connectivity index (χ1v) is 7.43. The fraction of sp³-hybridized carbons (Fsp3) is 0. The molecule has 0 N–H and O–H groups in total. The lowest BCUT2D eigenvalue weighted by molar-refractivity contribution is 1.60. The third-order valence-corrected chi connectivity index (χ3v) is 6.03. The van der Waals surface area contributed by atoms with Crippen molar-refractivity contribution in [2.45, 2.75) is 0 Å². The summed E-state index contributed by atoms with van der Waals surface area (Å²) in [6, 6.07) is 16.0. The summed E-state index contributed by atoms with van der Waals surface area (Å²) < 4.78 is 3.00. The van der Waals surface area contributed by atoms with Gasteiger partial charge in [0, 0.05) is 19.5 Å². The fourth-order valence-corrected chi connectivity index (χ4v) is 3.43. The van der Waals surface area contributed by atoms with E-state index in [1.165, 1.54) is 16.2 Å². The Hall–Kier alpha value is -0.380. The summed E-state index contributed by atoms with van der Waals surface area (Å²) in [5, 5.41) is 4.74. The molecule has 83 valence electrons. The van der Waals surface area contributed by atoms with Crippen LogP contribution in [0.3, 0.4) is 0 Å². The summed E-state index contributed by atoms with van der Waals surface area (Å²) in [7, 11) is 0. The molecule has 3 aromatic carbocycles. The maximum Gasteiger partial charge on any atom is 0.0472 e. The highest BCUT2D eigenvalue weighted by molar-refractivity contribution is 9.14. The van der Waals surface area contributed by atoms with Crippen molar-refractivity contribution in [1.29, 1.82) is 0 Å². The van der Waals surface area contributed by atoms with Crippen LogP contribution in [0, 0.1) is 6.07 Å². The summed E-state index contributed by atoms with van der Waals surface area (Å²) in [4.78, 5) is 0. The second-order valence-corrected chi connectivity index (χ2v) is 6.19. The molecule has 17 heavy (non-hydrogen) atoms. The smallest absolute Gasteiger partial charge is 0.0472 e. The van der Waals surface area contributed by atoms with E-state index in [0.717, 1.165) is 18.8 Å². The van der Waals surface area contributed by atoms with E-state index in [1.54, 1.807) is 0 Å². The number of fused-ring (bicyclic) bond motifs is 2. The van der Waals surface area contributed by atoms with Crippen LogP contribution < -0.4 is 0 Å². The molecule has 1 radical (unpaired) electrons. The van der Waals surface area contributed by atoms with Crippen LogP contribution >= 0.6 is 47.8 Å². The van der Waals surface area contributed by atoms with Crippen molar-refractivity contribution in [2.75, 3.05) is 0 Å². The first kappa shape index (κ1) is 11.7. The van der Waals surface area contributed by atoms with Crippen molar-refractivity contribution in [1.82, 2.24) is 0 Å². The van der Waals surface area contributed by atoms with E-state index in [1.807, 2.05) is 0 Å². The van der Waals surface area contributed by atoms with Gasteiger partial charge in [0.05, 0.1) is 0 Å². The van der Waals surface area contributed by atoms with Crippen LogP contribution in [0.1, 0.15) is 0 Å². The van der Waals surface area contributed by atoms with Gasteiger partial charge in [0.15, 0.2) is 0 Å². The Morgan fingerprint density at radius 1 is 0.824 bits per heavy atom. The van der Waals surface area contributed by atoms with Gasteiger partial charge in [-0.05, 0) is 81.5 Å². The summed E-state index contributed by atoms with van der Waals surface area (Å²) >= 11 is 10.7. The normalized spacial score (nSPS) is 11.2. The zero-order valence-electron chi connectivity index (χ0n) is 8.60. The molecule has 0 saturated carbocycles. The van der Waals surface area contributed by atoms with Gasteiger partial charge >= 0.3 is 0 Å². The minimum atomic E-state index is 0.937. The molecule has 0 atom stereocenters. The highest BCUT2D eigenvalue weighted by atomic mass is 79.9. The van der Waals surface area contributed by atoms with Crippen molar-refractivity contribution >= 4 is 69.3 Å². The number of hydrogen-bond donors (Lipinski definition) is 0. The van der Waals surface area contributed by atoms with Gasteiger partial charge in [0.2, 0.25) is 0 Å². The summed E-state index contributed by atoms with van der Waals surface area (Å²) in [6.45, 7) is 0. The molecule has 0 aliphatic rings. The van der Waals surface area contributed by atoms with Crippen molar-refractivity contribution < 1.29 is 0 Å². The minimum Gasteiger partial charge on any atom is -0.0616 e. The minimum absolute atomic E-state index is 0.937. The predicted molar refractivity (Wildman–Crippen MR) is 83.4 cm³/mol. The third-order valence-electron chi connectivity index (χ3n) is 2.75. The Morgan fingerprint density at radius 3 is 2.18 bits per heavy atom. The van der Waals surface area contributed by atoms with Crippen LogP contribution in [0.2, 0.25) is 0 Å². The van der Waals surface area contributed by atoms with E-state index >= 15 is 0 Å². The Labute approximate surface area is 124 Å². The highest BCUT2D eigenvalue weighted by Gasteiger charge is 2.09. The summed E-state index contributed by atoms with van der Waals surface area (Å²) in [6.07, 6.45) is 0. The Balaban J connectivity index is 2.52. The molecule has 0 amide bonds. The molecule has 0 bridgehead atoms. The summed E-state index contributed by atoms with van der Waals surface area (Å²) in [5.41, 5.74) is 0. The van der Waals surface area contributed by atoms with E-state index in [9.17, 15) is 0 Å². The van der Waals surface area contributed by atoms with Gasteiger partial charge < -0.3 is 0 Å². The quantitative estimate of drug-likeness (QED) is 0.309. The number of rotatable bonds is 0. The maximum absolute atomic E-state index is 3.62. The second kappa shape index (κ2) is 4.38. The molecule has 3 aromatic rings. The SMILES string of the molecule is Brc1[c]c2cc3ccccc3cc2c(Br)c1Br. The zero-order chi connectivity index (χ0) is 12.0. The molecule has 0 saturated heterocycles. The van der Waals surface area contributed by atoms with Crippen molar-refractivity contribution in [2.24, 2.45) is 0 Å². The number of benzene rings is 3. The third kappa shape index (κ3) is 1.94. The first-order chi connectivity index (χ1) is 8.16. The van der Waals surface area contributed by atoms with E-state index in [0.29, 0.717) is 0 Å². The van der Waals surface area contributed by atoms with Crippen LogP contribution in [-0.4, -0.2) is 0 Å². The van der Waals surface area contributed by atoms with E-state index < -0.39 is 0 Å². The van der Waals surface area contributed by atoms with E-state index in [4.69, 9.17) is 0 Å². The predicted octanol–water partition coefficient (Wildman–Crippen LogP) is 6.08. The maximum atomic E-state index is 3.62. The van der Waals surface area contributed by atoms with Crippen molar-refractivity contribution in [3.8, 4) is 0 Å². The lowest BCUT2D eigenvalue weighted by Gasteiger charge is -2.07. The van der Waals surface area contributed by atoms with E-state index in [2.05, 4.69) is 90.3 Å². The topological polar surface area (TPSA) is 0 Å². The Morgan fingerprint density at radius 2 is 1.47 bits per heavy atom. The molecule has 0 fully saturated rings. The molecule has 0 nitrogen and oxygen atoms in total. The number of halogens is 3. The summed E-state index contributed by atoms with van der Waals surface area (Å²) in [5.74, 6) is 0. The molecule has 0 aliphatic carbocycles. The number of hydrogen-bond acceptors (Lipinski definition) is 0. The molecule has 0 spiro atoms. The average Bonchev–Trinajstić information content (AvgIpc) is 2.34. The second-order valence-electron chi connectivity index (χ2n) is 3.81. The Kier molecular flexibility index (Phi) is 3.01. The van der Waals surface area contributed by atoms with E-state index in [-0.39, 0.29) is 0 Å². The molecule has 3 heteroatoms. The van der Waals surface area contributed by atoms with Crippen LogP contribution in [0.5, 0.6) is 0 Å². The largest absolute Gasteiger partial charge is 0.0616 e. The molecular formula is C14H6Br3. The zero-order valence-corrected chi connectivity index (χ0v) is 13.4. The van der Waals surface area contributed by atoms with Crippen molar-refractivity contribution in [3.63, 3.8) is 0 Å². The van der Waals surface area contributed by atoms with Gasteiger partial charge in [-0.25, -0.2) is 0 Å². The average molecular weight is 414 g/mol. The van der Waals surface area contributed by atoms with Gasteiger partial charge in [-0.3, -0.25) is 0 Å².